The molecule has 0 aliphatic rings. The van der Waals surface area contributed by atoms with Crippen LogP contribution >= 0.6 is 0 Å². The van der Waals surface area contributed by atoms with Gasteiger partial charge in [0.05, 0.1) is 10.5 Å². The van der Waals surface area contributed by atoms with Gasteiger partial charge in [0.25, 0.3) is 0 Å². The average molecular weight is 354 g/mol. The normalized spacial score (nSPS) is 12.9. The number of hydrogen-bond acceptors (Lipinski definition) is 4. The van der Waals surface area contributed by atoms with Crippen LogP contribution in [0.3, 0.4) is 0 Å². The zero-order valence-electron chi connectivity index (χ0n) is 13.1. The average Bonchev–Trinajstić information content (AvgIpc) is 2.55. The maximum absolute atomic E-state index is 12.5. The Morgan fingerprint density at radius 1 is 1.00 bits per heavy atom. The van der Waals surface area contributed by atoms with Gasteiger partial charge in [0, 0.05) is 0 Å². The molecule has 4 nitrogen and oxygen atoms in total. The molecule has 0 fully saturated rings. The molecule has 2 aromatic rings. The quantitative estimate of drug-likeness (QED) is 0.764. The number of halogens is 2. The number of aryl methyl sites for hydroxylation is 1. The second-order valence-corrected chi connectivity index (χ2v) is 7.21. The first-order valence-corrected chi connectivity index (χ1v) is 8.66. The summed E-state index contributed by atoms with van der Waals surface area (Å²) >= 11 is 0. The van der Waals surface area contributed by atoms with Crippen molar-refractivity contribution in [3.05, 3.63) is 65.2 Å². The number of rotatable bonds is 5. The van der Waals surface area contributed by atoms with Crippen molar-refractivity contribution in [2.24, 2.45) is 0 Å². The zero-order valence-corrected chi connectivity index (χ0v) is 13.9. The van der Waals surface area contributed by atoms with Gasteiger partial charge in [0.1, 0.15) is 6.10 Å². The van der Waals surface area contributed by atoms with Gasteiger partial charge in [-0.3, -0.25) is 0 Å². The Morgan fingerprint density at radius 3 is 2.04 bits per heavy atom. The lowest BCUT2D eigenvalue weighted by atomic mass is 10.1. The molecule has 128 valence electrons. The van der Waals surface area contributed by atoms with Gasteiger partial charge in [-0.2, -0.15) is 8.78 Å². The van der Waals surface area contributed by atoms with E-state index in [0.29, 0.717) is 0 Å². The Hall–Kier alpha value is -2.28. The van der Waals surface area contributed by atoms with E-state index in [0.717, 1.165) is 35.4 Å². The van der Waals surface area contributed by atoms with Crippen LogP contribution in [0.5, 0.6) is 0 Å². The van der Waals surface area contributed by atoms with Gasteiger partial charge in [-0.25, -0.2) is 13.2 Å². The van der Waals surface area contributed by atoms with Crippen molar-refractivity contribution in [3.8, 4) is 0 Å². The molecule has 0 unspecified atom stereocenters. The van der Waals surface area contributed by atoms with Crippen molar-refractivity contribution in [3.63, 3.8) is 0 Å². The molecule has 24 heavy (non-hydrogen) atoms. The zero-order chi connectivity index (χ0) is 17.9. The second-order valence-electron chi connectivity index (χ2n) is 5.29. The second kappa shape index (κ2) is 7.09. The molecule has 0 aliphatic carbocycles. The first-order valence-electron chi connectivity index (χ1n) is 7.11. The Labute approximate surface area is 139 Å². The van der Waals surface area contributed by atoms with Gasteiger partial charge < -0.3 is 4.74 Å². The molecule has 1 atom stereocenters. The van der Waals surface area contributed by atoms with Crippen LogP contribution in [-0.2, 0) is 14.6 Å². The number of benzene rings is 2. The minimum Gasteiger partial charge on any atom is -0.454 e. The molecule has 0 amide bonds. The molecule has 0 aliphatic heterocycles. The molecule has 0 spiro atoms. The largest absolute Gasteiger partial charge is 0.454 e. The predicted octanol–water partition coefficient (Wildman–Crippen LogP) is 3.91. The maximum Gasteiger partial charge on any atom is 0.341 e. The van der Waals surface area contributed by atoms with Crippen molar-refractivity contribution in [2.75, 3.05) is 0 Å². The summed E-state index contributed by atoms with van der Waals surface area (Å²) in [6, 6.07) is 11.7. The van der Waals surface area contributed by atoms with Crippen LogP contribution in [0.2, 0.25) is 0 Å². The Bertz CT molecular complexity index is 813. The number of carbonyl (C=O) groups excluding carboxylic acids is 1. The lowest BCUT2D eigenvalue weighted by Gasteiger charge is -2.14. The van der Waals surface area contributed by atoms with Gasteiger partial charge in [0.15, 0.2) is 0 Å². The summed E-state index contributed by atoms with van der Waals surface area (Å²) in [7, 11) is -4.67. The summed E-state index contributed by atoms with van der Waals surface area (Å²) in [6.07, 6.45) is -0.498. The molecule has 2 aromatic carbocycles. The third kappa shape index (κ3) is 3.97. The first kappa shape index (κ1) is 18.1. The number of sulfone groups is 1. The van der Waals surface area contributed by atoms with E-state index >= 15 is 0 Å². The Kier molecular flexibility index (Phi) is 5.33. The summed E-state index contributed by atoms with van der Waals surface area (Å²) in [4.78, 5) is 11.5. The minimum atomic E-state index is -4.67. The van der Waals surface area contributed by atoms with Gasteiger partial charge in [-0.15, -0.1) is 0 Å². The van der Waals surface area contributed by atoms with Crippen molar-refractivity contribution in [1.29, 1.82) is 0 Å². The van der Waals surface area contributed by atoms with E-state index in [1.165, 1.54) is 0 Å². The van der Waals surface area contributed by atoms with Crippen molar-refractivity contribution in [1.82, 2.24) is 0 Å². The number of hydrogen-bond donors (Lipinski definition) is 0. The van der Waals surface area contributed by atoms with Gasteiger partial charge in [-0.1, -0.05) is 29.8 Å². The highest BCUT2D eigenvalue weighted by Gasteiger charge is 2.26. The number of ether oxygens (including phenoxy) is 1. The number of carbonyl (C=O) groups is 1. The molecular weight excluding hydrogens is 338 g/mol. The molecule has 0 saturated carbocycles. The molecule has 7 heteroatoms. The maximum atomic E-state index is 12.5. The van der Waals surface area contributed by atoms with Crippen LogP contribution in [0.15, 0.2) is 53.4 Å². The monoisotopic (exact) mass is 354 g/mol. The Balaban J connectivity index is 2.11. The summed E-state index contributed by atoms with van der Waals surface area (Å²) in [5.74, 6) is -4.17. The van der Waals surface area contributed by atoms with E-state index < -0.39 is 32.6 Å². The third-order valence-corrected chi connectivity index (χ3v) is 4.88. The first-order chi connectivity index (χ1) is 11.2. The Morgan fingerprint density at radius 2 is 1.54 bits per heavy atom. The summed E-state index contributed by atoms with van der Waals surface area (Å²) in [5, 5.41) is 0. The van der Waals surface area contributed by atoms with E-state index in [-0.39, 0.29) is 5.56 Å². The fourth-order valence-corrected chi connectivity index (χ4v) is 2.74. The highest BCUT2D eigenvalue weighted by atomic mass is 32.2. The van der Waals surface area contributed by atoms with Crippen LogP contribution in [0.4, 0.5) is 8.78 Å². The fraction of sp³-hybridized carbons (Fsp3) is 0.235. The topological polar surface area (TPSA) is 60.4 Å². The summed E-state index contributed by atoms with van der Waals surface area (Å²) in [6.45, 7) is 3.65. The highest BCUT2D eigenvalue weighted by molar-refractivity contribution is 7.91. The summed E-state index contributed by atoms with van der Waals surface area (Å²) < 4.78 is 52.9. The van der Waals surface area contributed by atoms with E-state index in [9.17, 15) is 22.0 Å². The predicted molar refractivity (Wildman–Crippen MR) is 84.6 cm³/mol. The van der Waals surface area contributed by atoms with Gasteiger partial charge >= 0.3 is 11.7 Å². The van der Waals surface area contributed by atoms with Crippen LogP contribution in [0, 0.1) is 6.92 Å². The molecule has 2 rings (SSSR count). The fourth-order valence-electron chi connectivity index (χ4n) is 2.02. The molecular formula is C17H16F2O4S. The van der Waals surface area contributed by atoms with Crippen LogP contribution in [0.25, 0.3) is 0 Å². The van der Waals surface area contributed by atoms with E-state index in [1.807, 2.05) is 31.2 Å². The highest BCUT2D eigenvalue weighted by Crippen LogP contribution is 2.21. The molecule has 0 bridgehead atoms. The number of alkyl halides is 2. The number of esters is 1. The van der Waals surface area contributed by atoms with E-state index in [2.05, 4.69) is 0 Å². The van der Waals surface area contributed by atoms with Gasteiger partial charge in [-0.05, 0) is 43.7 Å². The van der Waals surface area contributed by atoms with Crippen LogP contribution < -0.4 is 0 Å². The molecule has 0 radical (unpaired) electrons. The SMILES string of the molecule is Cc1ccc([C@H](C)OC(=O)c2ccc(S(=O)(=O)C(F)F)cc2)cc1. The minimum absolute atomic E-state index is 0.0854. The van der Waals surface area contributed by atoms with E-state index in [4.69, 9.17) is 4.74 Å². The standard InChI is InChI=1S/C17H16F2O4S/c1-11-3-5-13(6-4-11)12(2)23-16(20)14-7-9-15(10-8-14)24(21,22)17(18)19/h3-10,12,17H,1-2H3/t12-/m0/s1. The van der Waals surface area contributed by atoms with Gasteiger partial charge in [0.2, 0.25) is 9.84 Å². The lowest BCUT2D eigenvalue weighted by Crippen LogP contribution is -2.12. The smallest absolute Gasteiger partial charge is 0.341 e. The summed E-state index contributed by atoms with van der Waals surface area (Å²) in [5.41, 5.74) is 1.97. The van der Waals surface area contributed by atoms with Crippen molar-refractivity contribution in [2.45, 2.75) is 30.6 Å². The van der Waals surface area contributed by atoms with Crippen molar-refractivity contribution >= 4 is 15.8 Å². The van der Waals surface area contributed by atoms with E-state index in [1.54, 1.807) is 6.92 Å². The lowest BCUT2D eigenvalue weighted by molar-refractivity contribution is 0.0338. The third-order valence-electron chi connectivity index (χ3n) is 3.48. The molecule has 0 aromatic heterocycles. The molecule has 0 saturated heterocycles. The van der Waals surface area contributed by atoms with Crippen LogP contribution in [-0.4, -0.2) is 20.1 Å². The van der Waals surface area contributed by atoms with Crippen LogP contribution in [0.1, 0.15) is 34.5 Å². The molecule has 0 heterocycles. The van der Waals surface area contributed by atoms with Crippen molar-refractivity contribution < 1.29 is 26.7 Å². The molecule has 0 N–H and O–H groups in total.